The number of hydrogen-bond donors (Lipinski definition) is 3. The number of aliphatic hydroxyl groups is 2. The Hall–Kier alpha value is -2.43. The highest BCUT2D eigenvalue weighted by Crippen LogP contribution is 2.17. The fraction of sp³-hybridized carbons (Fsp3) is 0.758. The van der Waals surface area contributed by atoms with E-state index in [1.54, 1.807) is 6.08 Å². The molecule has 4 nitrogen and oxygen atoms in total. The molecule has 0 aromatic carbocycles. The number of nitrogens with one attached hydrogen (secondary N) is 1. The quantitative estimate of drug-likeness (QED) is 0.0421. The fourth-order valence-corrected chi connectivity index (χ4v) is 8.50. The summed E-state index contributed by atoms with van der Waals surface area (Å²) in [6.45, 7) is 4.19. The van der Waals surface area contributed by atoms with Crippen molar-refractivity contribution in [2.75, 3.05) is 6.61 Å². The highest BCUT2D eigenvalue weighted by Gasteiger charge is 2.18. The first kappa shape index (κ1) is 63.6. The maximum absolute atomic E-state index is 12.5. The lowest BCUT2D eigenvalue weighted by Crippen LogP contribution is -2.45. The number of aliphatic hydroxyl groups excluding tert-OH is 2. The minimum absolute atomic E-state index is 0.0759. The average Bonchev–Trinajstić information content (AvgIpc) is 3.32. The van der Waals surface area contributed by atoms with E-state index in [1.165, 1.54) is 199 Å². The Labute approximate surface area is 411 Å². The van der Waals surface area contributed by atoms with E-state index in [0.29, 0.717) is 6.42 Å². The van der Waals surface area contributed by atoms with Gasteiger partial charge in [0.05, 0.1) is 18.8 Å². The minimum atomic E-state index is -0.872. The summed E-state index contributed by atoms with van der Waals surface area (Å²) in [5, 5.41) is 23.1. The Morgan fingerprint density at radius 1 is 0.379 bits per heavy atom. The number of unbranched alkanes of at least 4 members (excludes halogenated alkanes) is 33. The molecule has 0 aromatic heterocycles. The van der Waals surface area contributed by atoms with Gasteiger partial charge in [0.15, 0.2) is 0 Å². The molecule has 1 amide bonds. The number of allylic oxidation sites excluding steroid dienone is 13. The summed E-state index contributed by atoms with van der Waals surface area (Å²) >= 11 is 0. The molecular weight excluding hydrogens is 807 g/mol. The number of hydrogen-bond acceptors (Lipinski definition) is 3. The van der Waals surface area contributed by atoms with Crippen molar-refractivity contribution >= 4 is 5.91 Å². The van der Waals surface area contributed by atoms with Crippen molar-refractivity contribution in [3.63, 3.8) is 0 Å². The highest BCUT2D eigenvalue weighted by atomic mass is 16.3. The van der Waals surface area contributed by atoms with Crippen LogP contribution in [0, 0.1) is 0 Å². The van der Waals surface area contributed by atoms with E-state index in [9.17, 15) is 15.0 Å². The second-order valence-electron chi connectivity index (χ2n) is 19.3. The third kappa shape index (κ3) is 52.5. The molecular formula is C62H111NO3. The molecule has 4 heteroatoms. The molecule has 382 valence electrons. The van der Waals surface area contributed by atoms with Gasteiger partial charge in [-0.2, -0.15) is 0 Å². The highest BCUT2D eigenvalue weighted by molar-refractivity contribution is 5.76. The van der Waals surface area contributed by atoms with Crippen LogP contribution in [0.2, 0.25) is 0 Å². The van der Waals surface area contributed by atoms with Crippen molar-refractivity contribution in [1.82, 2.24) is 5.32 Å². The molecule has 2 atom stereocenters. The van der Waals surface area contributed by atoms with Gasteiger partial charge >= 0.3 is 0 Å². The summed E-state index contributed by atoms with van der Waals surface area (Å²) in [7, 11) is 0. The molecule has 3 N–H and O–H groups in total. The van der Waals surface area contributed by atoms with Crippen molar-refractivity contribution < 1.29 is 15.0 Å². The third-order valence-electron chi connectivity index (χ3n) is 12.8. The summed E-state index contributed by atoms with van der Waals surface area (Å²) in [5.41, 5.74) is 0. The topological polar surface area (TPSA) is 69.6 Å². The zero-order valence-electron chi connectivity index (χ0n) is 43.9. The van der Waals surface area contributed by atoms with Gasteiger partial charge in [-0.1, -0.05) is 279 Å². The van der Waals surface area contributed by atoms with E-state index >= 15 is 0 Å². The van der Waals surface area contributed by atoms with Crippen LogP contribution in [-0.4, -0.2) is 34.9 Å². The normalized spacial score (nSPS) is 13.5. The average molecular weight is 919 g/mol. The van der Waals surface area contributed by atoms with Gasteiger partial charge in [0.1, 0.15) is 0 Å². The molecule has 0 aromatic rings. The van der Waals surface area contributed by atoms with Crippen LogP contribution in [0.1, 0.15) is 284 Å². The minimum Gasteiger partial charge on any atom is -0.394 e. The van der Waals surface area contributed by atoms with Crippen LogP contribution in [0.15, 0.2) is 85.1 Å². The van der Waals surface area contributed by atoms with Crippen LogP contribution in [-0.2, 0) is 4.79 Å². The predicted octanol–water partition coefficient (Wildman–Crippen LogP) is 19.1. The van der Waals surface area contributed by atoms with Gasteiger partial charge in [-0.05, 0) is 83.5 Å². The second kappa shape index (κ2) is 56.9. The molecule has 66 heavy (non-hydrogen) atoms. The molecule has 0 spiro atoms. The molecule has 0 saturated carbocycles. The van der Waals surface area contributed by atoms with Gasteiger partial charge in [-0.25, -0.2) is 0 Å². The smallest absolute Gasteiger partial charge is 0.220 e. The molecule has 0 bridgehead atoms. The van der Waals surface area contributed by atoms with E-state index in [0.717, 1.165) is 64.2 Å². The molecule has 2 unspecified atom stereocenters. The van der Waals surface area contributed by atoms with E-state index < -0.39 is 12.1 Å². The van der Waals surface area contributed by atoms with Gasteiger partial charge in [-0.3, -0.25) is 4.79 Å². The van der Waals surface area contributed by atoms with Crippen LogP contribution < -0.4 is 5.32 Å². The Balaban J connectivity index is 3.50. The van der Waals surface area contributed by atoms with Crippen LogP contribution in [0.3, 0.4) is 0 Å². The second-order valence-corrected chi connectivity index (χ2v) is 19.3. The van der Waals surface area contributed by atoms with Gasteiger partial charge in [0.25, 0.3) is 0 Å². The fourth-order valence-electron chi connectivity index (χ4n) is 8.50. The first-order valence-corrected chi connectivity index (χ1v) is 28.8. The van der Waals surface area contributed by atoms with Gasteiger partial charge < -0.3 is 15.5 Å². The van der Waals surface area contributed by atoms with Gasteiger partial charge in [0, 0.05) is 6.42 Å². The van der Waals surface area contributed by atoms with Crippen molar-refractivity contribution in [3.05, 3.63) is 85.1 Å². The first-order valence-electron chi connectivity index (χ1n) is 28.8. The van der Waals surface area contributed by atoms with Crippen LogP contribution >= 0.6 is 0 Å². The molecule has 0 radical (unpaired) electrons. The van der Waals surface area contributed by atoms with E-state index in [2.05, 4.69) is 92.1 Å². The Morgan fingerprint density at radius 2 is 0.682 bits per heavy atom. The van der Waals surface area contributed by atoms with Crippen molar-refractivity contribution in [1.29, 1.82) is 0 Å². The Kier molecular flexibility index (Phi) is 54.8. The molecule has 0 saturated heterocycles. The van der Waals surface area contributed by atoms with Crippen LogP contribution in [0.25, 0.3) is 0 Å². The summed E-state index contributed by atoms with van der Waals surface area (Å²) in [5.74, 6) is -0.0759. The molecule has 0 heterocycles. The lowest BCUT2D eigenvalue weighted by molar-refractivity contribution is -0.123. The zero-order chi connectivity index (χ0) is 47.7. The zero-order valence-corrected chi connectivity index (χ0v) is 43.9. The standard InChI is InChI=1S/C62H111NO3/c1-3-5-7-9-11-13-15-17-19-21-23-24-25-26-27-28-29-30-31-32-33-34-35-36-37-38-40-42-44-46-48-50-52-54-56-58-62(66)63-60(59-64)61(65)57-55-53-51-49-47-45-43-41-39-22-20-18-16-14-12-10-8-6-4-2/h5,7,11,13,17,19,23-24,39,41,47,49,55,57,60-61,64-65H,3-4,6,8-10,12,14-16,18,20-22,25-38,40,42-46,48,50-54,56,58-59H2,1-2H3,(H,63,66)/b7-5-,13-11-,19-17-,24-23-,41-39+,49-47+,57-55+. The summed E-state index contributed by atoms with van der Waals surface area (Å²) in [4.78, 5) is 12.5. The molecule has 0 aliphatic heterocycles. The largest absolute Gasteiger partial charge is 0.394 e. The lowest BCUT2D eigenvalue weighted by Gasteiger charge is -2.19. The summed E-state index contributed by atoms with van der Waals surface area (Å²) < 4.78 is 0. The first-order chi connectivity index (χ1) is 32.7. The number of carbonyl (C=O) groups is 1. The SMILES string of the molecule is CC/C=C\C/C=C\C/C=C\C/C=C\CCCCCCCCCCCCCCCCCCCCCCCCC(=O)NC(CO)C(O)/C=C/CC/C=C/CC/C=C/CCCCCCCCCCC. The van der Waals surface area contributed by atoms with Crippen molar-refractivity contribution in [2.24, 2.45) is 0 Å². The number of amides is 1. The van der Waals surface area contributed by atoms with E-state index in [1.807, 2.05) is 6.08 Å². The lowest BCUT2D eigenvalue weighted by atomic mass is 10.0. The summed E-state index contributed by atoms with van der Waals surface area (Å²) in [6, 6.07) is -0.648. The Bertz CT molecular complexity index is 1180. The third-order valence-corrected chi connectivity index (χ3v) is 12.8. The molecule has 0 aliphatic carbocycles. The molecule has 0 rings (SSSR count). The summed E-state index contributed by atoms with van der Waals surface area (Å²) in [6.07, 6.45) is 83.3. The maximum Gasteiger partial charge on any atom is 0.220 e. The van der Waals surface area contributed by atoms with Crippen molar-refractivity contribution in [2.45, 2.75) is 296 Å². The van der Waals surface area contributed by atoms with Crippen LogP contribution in [0.4, 0.5) is 0 Å². The monoisotopic (exact) mass is 918 g/mol. The molecule has 0 fully saturated rings. The van der Waals surface area contributed by atoms with Crippen molar-refractivity contribution in [3.8, 4) is 0 Å². The maximum atomic E-state index is 12.5. The number of carbonyl (C=O) groups excluding carboxylic acids is 1. The van der Waals surface area contributed by atoms with E-state index in [-0.39, 0.29) is 12.5 Å². The number of rotatable bonds is 52. The Morgan fingerprint density at radius 3 is 1.06 bits per heavy atom. The van der Waals surface area contributed by atoms with Crippen LogP contribution in [0.5, 0.6) is 0 Å². The molecule has 0 aliphatic rings. The van der Waals surface area contributed by atoms with Gasteiger partial charge in [0.2, 0.25) is 5.91 Å². The predicted molar refractivity (Wildman–Crippen MR) is 294 cm³/mol. The van der Waals surface area contributed by atoms with E-state index in [4.69, 9.17) is 0 Å². The van der Waals surface area contributed by atoms with Gasteiger partial charge in [-0.15, -0.1) is 0 Å².